The average Bonchev–Trinajstić information content (AvgIpc) is 2.37. The highest BCUT2D eigenvalue weighted by molar-refractivity contribution is 9.09. The fraction of sp³-hybridized carbons (Fsp3) is 0.556. The summed E-state index contributed by atoms with van der Waals surface area (Å²) in [5.41, 5.74) is 0. The first-order valence-electron chi connectivity index (χ1n) is 3.94. The molecule has 0 unspecified atom stereocenters. The lowest BCUT2D eigenvalue weighted by atomic mass is 10.2. The number of aryl methyl sites for hydroxylation is 2. The maximum atomic E-state index is 5.41. The first-order valence-corrected chi connectivity index (χ1v) is 5.06. The summed E-state index contributed by atoms with van der Waals surface area (Å²) < 4.78 is 5.41. The standard InChI is InChI=1S/C9H13BrO/c1-8-5-6-9(11-8)4-2-3-7-10/h5-6H,2-4,7H2,1H3. The number of hydrogen-bond acceptors (Lipinski definition) is 1. The number of alkyl halides is 1. The van der Waals surface area contributed by atoms with Crippen molar-refractivity contribution in [3.8, 4) is 0 Å². The molecule has 0 atom stereocenters. The summed E-state index contributed by atoms with van der Waals surface area (Å²) in [6.07, 6.45) is 3.50. The quantitative estimate of drug-likeness (QED) is 0.557. The lowest BCUT2D eigenvalue weighted by Crippen LogP contribution is -1.82. The summed E-state index contributed by atoms with van der Waals surface area (Å²) in [6.45, 7) is 1.98. The monoisotopic (exact) mass is 216 g/mol. The Labute approximate surface area is 75.9 Å². The smallest absolute Gasteiger partial charge is 0.104 e. The van der Waals surface area contributed by atoms with Gasteiger partial charge in [-0.3, -0.25) is 0 Å². The molecular weight excluding hydrogens is 204 g/mol. The molecule has 1 heterocycles. The fourth-order valence-corrected chi connectivity index (χ4v) is 1.41. The molecule has 2 heteroatoms. The van der Waals surface area contributed by atoms with Gasteiger partial charge in [0.1, 0.15) is 11.5 Å². The molecule has 1 aromatic rings. The highest BCUT2D eigenvalue weighted by Gasteiger charge is 1.96. The van der Waals surface area contributed by atoms with Gasteiger partial charge in [-0.05, 0) is 31.9 Å². The summed E-state index contributed by atoms with van der Waals surface area (Å²) in [7, 11) is 0. The molecule has 0 saturated carbocycles. The van der Waals surface area contributed by atoms with Crippen molar-refractivity contribution >= 4 is 15.9 Å². The molecule has 0 fully saturated rings. The van der Waals surface area contributed by atoms with E-state index in [2.05, 4.69) is 22.0 Å². The van der Waals surface area contributed by atoms with Gasteiger partial charge in [-0.1, -0.05) is 15.9 Å². The molecule has 11 heavy (non-hydrogen) atoms. The molecule has 0 saturated heterocycles. The Balaban J connectivity index is 2.27. The highest BCUT2D eigenvalue weighted by Crippen LogP contribution is 2.09. The van der Waals surface area contributed by atoms with Gasteiger partial charge < -0.3 is 4.42 Å². The van der Waals surface area contributed by atoms with E-state index in [-0.39, 0.29) is 0 Å². The van der Waals surface area contributed by atoms with Crippen LogP contribution in [0.3, 0.4) is 0 Å². The van der Waals surface area contributed by atoms with Crippen LogP contribution >= 0.6 is 15.9 Å². The molecule has 0 aliphatic carbocycles. The molecule has 0 bridgehead atoms. The number of halogens is 1. The van der Waals surface area contributed by atoms with Gasteiger partial charge >= 0.3 is 0 Å². The van der Waals surface area contributed by atoms with Gasteiger partial charge in [0, 0.05) is 11.8 Å². The zero-order valence-electron chi connectivity index (χ0n) is 6.77. The van der Waals surface area contributed by atoms with E-state index in [4.69, 9.17) is 4.42 Å². The van der Waals surface area contributed by atoms with Crippen LogP contribution in [0.25, 0.3) is 0 Å². The Morgan fingerprint density at radius 2 is 2.18 bits per heavy atom. The Hall–Kier alpha value is -0.240. The molecule has 0 amide bonds. The second-order valence-electron chi connectivity index (χ2n) is 2.66. The summed E-state index contributed by atoms with van der Waals surface area (Å²) >= 11 is 3.40. The van der Waals surface area contributed by atoms with Crippen LogP contribution in [0.1, 0.15) is 24.4 Å². The van der Waals surface area contributed by atoms with Crippen LogP contribution in [0.4, 0.5) is 0 Å². The van der Waals surface area contributed by atoms with Gasteiger partial charge in [-0.25, -0.2) is 0 Å². The zero-order chi connectivity index (χ0) is 8.10. The Bertz CT molecular complexity index is 205. The number of unbranched alkanes of at least 4 members (excludes halogenated alkanes) is 1. The van der Waals surface area contributed by atoms with Crippen molar-refractivity contribution in [1.82, 2.24) is 0 Å². The molecular formula is C9H13BrO. The zero-order valence-corrected chi connectivity index (χ0v) is 8.36. The molecule has 1 aromatic heterocycles. The van der Waals surface area contributed by atoms with Crippen molar-refractivity contribution in [2.24, 2.45) is 0 Å². The summed E-state index contributed by atoms with van der Waals surface area (Å²) in [5.74, 6) is 2.13. The summed E-state index contributed by atoms with van der Waals surface area (Å²) in [5, 5.41) is 1.09. The Morgan fingerprint density at radius 3 is 2.73 bits per heavy atom. The molecule has 0 aromatic carbocycles. The topological polar surface area (TPSA) is 13.1 Å². The van der Waals surface area contributed by atoms with Gasteiger partial charge in [0.15, 0.2) is 0 Å². The SMILES string of the molecule is Cc1ccc(CCCCBr)o1. The van der Waals surface area contributed by atoms with E-state index in [0.29, 0.717) is 0 Å². The molecule has 1 rings (SSSR count). The second-order valence-corrected chi connectivity index (χ2v) is 3.45. The maximum Gasteiger partial charge on any atom is 0.104 e. The molecule has 0 aliphatic heterocycles. The van der Waals surface area contributed by atoms with Crippen LogP contribution < -0.4 is 0 Å². The van der Waals surface area contributed by atoms with Crippen LogP contribution in [0, 0.1) is 6.92 Å². The minimum absolute atomic E-state index is 1.01. The Morgan fingerprint density at radius 1 is 1.36 bits per heavy atom. The first kappa shape index (κ1) is 8.85. The molecule has 0 radical (unpaired) electrons. The van der Waals surface area contributed by atoms with Crippen LogP contribution in [-0.4, -0.2) is 5.33 Å². The fourth-order valence-electron chi connectivity index (χ4n) is 1.01. The molecule has 62 valence electrons. The van der Waals surface area contributed by atoms with Crippen LogP contribution in [0.2, 0.25) is 0 Å². The van der Waals surface area contributed by atoms with Gasteiger partial charge in [0.2, 0.25) is 0 Å². The van der Waals surface area contributed by atoms with E-state index in [1.165, 1.54) is 12.8 Å². The third kappa shape index (κ3) is 3.10. The minimum Gasteiger partial charge on any atom is -0.466 e. The van der Waals surface area contributed by atoms with Crippen LogP contribution in [0.15, 0.2) is 16.5 Å². The van der Waals surface area contributed by atoms with E-state index in [9.17, 15) is 0 Å². The van der Waals surface area contributed by atoms with Crippen molar-refractivity contribution in [3.63, 3.8) is 0 Å². The molecule has 0 aliphatic rings. The third-order valence-electron chi connectivity index (χ3n) is 1.60. The Kier molecular flexibility index (Phi) is 3.70. The van der Waals surface area contributed by atoms with E-state index < -0.39 is 0 Å². The van der Waals surface area contributed by atoms with Gasteiger partial charge in [0.05, 0.1) is 0 Å². The van der Waals surface area contributed by atoms with Gasteiger partial charge in [0.25, 0.3) is 0 Å². The normalized spacial score (nSPS) is 10.4. The first-order chi connectivity index (χ1) is 5.33. The van der Waals surface area contributed by atoms with Crippen LogP contribution in [0.5, 0.6) is 0 Å². The number of furan rings is 1. The number of hydrogen-bond donors (Lipinski definition) is 0. The van der Waals surface area contributed by atoms with E-state index >= 15 is 0 Å². The predicted octanol–water partition coefficient (Wildman–Crippen LogP) is 3.31. The van der Waals surface area contributed by atoms with Gasteiger partial charge in [-0.15, -0.1) is 0 Å². The second kappa shape index (κ2) is 4.60. The molecule has 0 N–H and O–H groups in total. The average molecular weight is 217 g/mol. The predicted molar refractivity (Wildman–Crippen MR) is 50.2 cm³/mol. The highest BCUT2D eigenvalue weighted by atomic mass is 79.9. The number of rotatable bonds is 4. The minimum atomic E-state index is 1.01. The summed E-state index contributed by atoms with van der Waals surface area (Å²) in [4.78, 5) is 0. The lowest BCUT2D eigenvalue weighted by molar-refractivity contribution is 0.476. The van der Waals surface area contributed by atoms with Crippen molar-refractivity contribution in [2.75, 3.05) is 5.33 Å². The largest absolute Gasteiger partial charge is 0.466 e. The van der Waals surface area contributed by atoms with Crippen molar-refractivity contribution in [3.05, 3.63) is 23.7 Å². The molecule has 0 spiro atoms. The van der Waals surface area contributed by atoms with E-state index in [0.717, 1.165) is 23.3 Å². The maximum absolute atomic E-state index is 5.41. The van der Waals surface area contributed by atoms with Crippen LogP contribution in [-0.2, 0) is 6.42 Å². The van der Waals surface area contributed by atoms with Crippen molar-refractivity contribution in [1.29, 1.82) is 0 Å². The summed E-state index contributed by atoms with van der Waals surface area (Å²) in [6, 6.07) is 4.08. The van der Waals surface area contributed by atoms with Crippen molar-refractivity contribution in [2.45, 2.75) is 26.2 Å². The lowest BCUT2D eigenvalue weighted by Gasteiger charge is -1.93. The van der Waals surface area contributed by atoms with Crippen molar-refractivity contribution < 1.29 is 4.42 Å². The third-order valence-corrected chi connectivity index (χ3v) is 2.16. The van der Waals surface area contributed by atoms with Gasteiger partial charge in [-0.2, -0.15) is 0 Å². The molecule has 1 nitrogen and oxygen atoms in total. The van der Waals surface area contributed by atoms with E-state index in [1.807, 2.05) is 13.0 Å². The van der Waals surface area contributed by atoms with E-state index in [1.54, 1.807) is 0 Å².